The van der Waals surface area contributed by atoms with E-state index in [0.717, 1.165) is 11.3 Å². The lowest BCUT2D eigenvalue weighted by atomic mass is 10.1. The average molecular weight is 327 g/mol. The van der Waals surface area contributed by atoms with E-state index < -0.39 is 4.92 Å². The van der Waals surface area contributed by atoms with Gasteiger partial charge in [0.05, 0.1) is 11.0 Å². The van der Waals surface area contributed by atoms with Crippen LogP contribution in [0.3, 0.4) is 0 Å². The maximum Gasteiger partial charge on any atom is 0.269 e. The standard InChI is InChI=1S/C18H21N3O3/c1-14(15-6-3-2-4-7-15)20-18(22)8-5-13-19-16-9-11-17(12-10-16)21(23)24/h2-4,6-7,9-12,14,19H,5,8,13H2,1H3,(H,20,22). The van der Waals surface area contributed by atoms with E-state index in [1.807, 2.05) is 37.3 Å². The van der Waals surface area contributed by atoms with Crippen molar-refractivity contribution in [2.24, 2.45) is 0 Å². The predicted molar refractivity (Wildman–Crippen MR) is 93.8 cm³/mol. The number of anilines is 1. The zero-order chi connectivity index (χ0) is 17.4. The molecule has 0 aromatic heterocycles. The Morgan fingerprint density at radius 1 is 1.12 bits per heavy atom. The number of hydrogen-bond acceptors (Lipinski definition) is 4. The van der Waals surface area contributed by atoms with E-state index in [2.05, 4.69) is 10.6 Å². The van der Waals surface area contributed by atoms with Gasteiger partial charge in [-0.3, -0.25) is 14.9 Å². The Kier molecular flexibility index (Phi) is 6.31. The summed E-state index contributed by atoms with van der Waals surface area (Å²) in [4.78, 5) is 22.1. The highest BCUT2D eigenvalue weighted by Gasteiger charge is 2.08. The van der Waals surface area contributed by atoms with Gasteiger partial charge < -0.3 is 10.6 Å². The molecule has 6 heteroatoms. The lowest BCUT2D eigenvalue weighted by Gasteiger charge is -2.14. The van der Waals surface area contributed by atoms with Crippen molar-refractivity contribution in [3.8, 4) is 0 Å². The van der Waals surface area contributed by atoms with Gasteiger partial charge in [0, 0.05) is 30.8 Å². The third-order valence-electron chi connectivity index (χ3n) is 3.66. The predicted octanol–water partition coefficient (Wildman–Crippen LogP) is 3.66. The Balaban J connectivity index is 1.68. The summed E-state index contributed by atoms with van der Waals surface area (Å²) >= 11 is 0. The molecule has 0 heterocycles. The molecule has 1 atom stereocenters. The van der Waals surface area contributed by atoms with Gasteiger partial charge >= 0.3 is 0 Å². The lowest BCUT2D eigenvalue weighted by Crippen LogP contribution is -2.26. The molecule has 1 amide bonds. The number of rotatable bonds is 8. The topological polar surface area (TPSA) is 84.3 Å². The average Bonchev–Trinajstić information content (AvgIpc) is 2.60. The SMILES string of the molecule is CC(NC(=O)CCCNc1ccc([N+](=O)[O-])cc1)c1ccccc1. The monoisotopic (exact) mass is 327 g/mol. The summed E-state index contributed by atoms with van der Waals surface area (Å²) in [6.45, 7) is 2.59. The molecule has 0 fully saturated rings. The molecule has 2 N–H and O–H groups in total. The van der Waals surface area contributed by atoms with Crippen LogP contribution in [0.4, 0.5) is 11.4 Å². The van der Waals surface area contributed by atoms with E-state index in [0.29, 0.717) is 19.4 Å². The lowest BCUT2D eigenvalue weighted by molar-refractivity contribution is -0.384. The highest BCUT2D eigenvalue weighted by Crippen LogP contribution is 2.15. The van der Waals surface area contributed by atoms with Crippen LogP contribution >= 0.6 is 0 Å². The van der Waals surface area contributed by atoms with Crippen LogP contribution in [0.1, 0.15) is 31.4 Å². The van der Waals surface area contributed by atoms with E-state index in [1.165, 1.54) is 12.1 Å². The summed E-state index contributed by atoms with van der Waals surface area (Å²) in [5.41, 5.74) is 1.95. The number of carbonyl (C=O) groups excluding carboxylic acids is 1. The van der Waals surface area contributed by atoms with Crippen molar-refractivity contribution in [3.63, 3.8) is 0 Å². The van der Waals surface area contributed by atoms with Gasteiger partial charge in [0.2, 0.25) is 5.91 Å². The molecule has 0 bridgehead atoms. The molecule has 2 aromatic carbocycles. The fraction of sp³-hybridized carbons (Fsp3) is 0.278. The van der Waals surface area contributed by atoms with Gasteiger partial charge in [0.1, 0.15) is 0 Å². The van der Waals surface area contributed by atoms with Crippen LogP contribution in [0.25, 0.3) is 0 Å². The maximum absolute atomic E-state index is 11.9. The number of nitro benzene ring substituents is 1. The number of nitrogens with one attached hydrogen (secondary N) is 2. The molecule has 0 saturated carbocycles. The van der Waals surface area contributed by atoms with Gasteiger partial charge in [-0.25, -0.2) is 0 Å². The second-order valence-electron chi connectivity index (χ2n) is 5.53. The summed E-state index contributed by atoms with van der Waals surface area (Å²) in [5, 5.41) is 16.7. The second-order valence-corrected chi connectivity index (χ2v) is 5.53. The Morgan fingerprint density at radius 2 is 1.79 bits per heavy atom. The van der Waals surface area contributed by atoms with Crippen LogP contribution in [0.15, 0.2) is 54.6 Å². The first-order valence-corrected chi connectivity index (χ1v) is 7.89. The Hall–Kier alpha value is -2.89. The van der Waals surface area contributed by atoms with E-state index >= 15 is 0 Å². The van der Waals surface area contributed by atoms with Crippen molar-refractivity contribution in [1.29, 1.82) is 0 Å². The maximum atomic E-state index is 11.9. The number of nitro groups is 1. The Labute approximate surface area is 141 Å². The van der Waals surface area contributed by atoms with Gasteiger partial charge in [-0.05, 0) is 31.0 Å². The number of carbonyl (C=O) groups is 1. The minimum absolute atomic E-state index is 0.0110. The first-order valence-electron chi connectivity index (χ1n) is 7.89. The highest BCUT2D eigenvalue weighted by molar-refractivity contribution is 5.76. The summed E-state index contributed by atoms with van der Waals surface area (Å²) in [6.07, 6.45) is 1.11. The molecule has 2 aromatic rings. The third kappa shape index (κ3) is 5.39. The zero-order valence-electron chi connectivity index (χ0n) is 13.6. The second kappa shape index (κ2) is 8.67. The van der Waals surface area contributed by atoms with Gasteiger partial charge in [-0.15, -0.1) is 0 Å². The molecule has 0 aliphatic rings. The van der Waals surface area contributed by atoms with Crippen molar-refractivity contribution in [3.05, 3.63) is 70.3 Å². The largest absolute Gasteiger partial charge is 0.385 e. The normalized spacial score (nSPS) is 11.5. The van der Waals surface area contributed by atoms with Crippen molar-refractivity contribution >= 4 is 17.3 Å². The molecule has 0 saturated heterocycles. The molecular weight excluding hydrogens is 306 g/mol. The van der Waals surface area contributed by atoms with E-state index in [1.54, 1.807) is 12.1 Å². The van der Waals surface area contributed by atoms with Crippen LogP contribution in [0.5, 0.6) is 0 Å². The van der Waals surface area contributed by atoms with Crippen LogP contribution in [-0.4, -0.2) is 17.4 Å². The molecule has 0 aliphatic heterocycles. The molecule has 2 rings (SSSR count). The molecule has 0 aliphatic carbocycles. The Bertz CT molecular complexity index is 672. The molecule has 126 valence electrons. The van der Waals surface area contributed by atoms with E-state index in [4.69, 9.17) is 0 Å². The molecular formula is C18H21N3O3. The van der Waals surface area contributed by atoms with Crippen LogP contribution in [-0.2, 0) is 4.79 Å². The molecule has 0 spiro atoms. The number of benzene rings is 2. The van der Waals surface area contributed by atoms with Crippen molar-refractivity contribution in [2.75, 3.05) is 11.9 Å². The quantitative estimate of drug-likeness (QED) is 0.440. The van der Waals surface area contributed by atoms with E-state index in [9.17, 15) is 14.9 Å². The minimum Gasteiger partial charge on any atom is -0.385 e. The molecule has 6 nitrogen and oxygen atoms in total. The molecule has 0 radical (unpaired) electrons. The number of nitrogens with zero attached hydrogens (tertiary/aromatic N) is 1. The summed E-state index contributed by atoms with van der Waals surface area (Å²) < 4.78 is 0. The van der Waals surface area contributed by atoms with E-state index in [-0.39, 0.29) is 17.6 Å². The van der Waals surface area contributed by atoms with Crippen molar-refractivity contribution in [2.45, 2.75) is 25.8 Å². The highest BCUT2D eigenvalue weighted by atomic mass is 16.6. The smallest absolute Gasteiger partial charge is 0.269 e. The van der Waals surface area contributed by atoms with Crippen LogP contribution in [0, 0.1) is 10.1 Å². The fourth-order valence-corrected chi connectivity index (χ4v) is 2.32. The molecule has 24 heavy (non-hydrogen) atoms. The number of non-ortho nitro benzene ring substituents is 1. The van der Waals surface area contributed by atoms with Crippen molar-refractivity contribution in [1.82, 2.24) is 5.32 Å². The molecule has 1 unspecified atom stereocenters. The number of hydrogen-bond donors (Lipinski definition) is 2. The van der Waals surface area contributed by atoms with Gasteiger partial charge in [-0.2, -0.15) is 0 Å². The summed E-state index contributed by atoms with van der Waals surface area (Å²) in [7, 11) is 0. The zero-order valence-corrected chi connectivity index (χ0v) is 13.6. The summed E-state index contributed by atoms with van der Waals surface area (Å²) in [5.74, 6) is 0.0110. The fourth-order valence-electron chi connectivity index (χ4n) is 2.32. The Morgan fingerprint density at radius 3 is 2.42 bits per heavy atom. The van der Waals surface area contributed by atoms with Crippen LogP contribution < -0.4 is 10.6 Å². The first kappa shape index (κ1) is 17.5. The third-order valence-corrected chi connectivity index (χ3v) is 3.66. The minimum atomic E-state index is -0.429. The summed E-state index contributed by atoms with van der Waals surface area (Å²) in [6, 6.07) is 16.0. The van der Waals surface area contributed by atoms with Gasteiger partial charge in [0.15, 0.2) is 0 Å². The van der Waals surface area contributed by atoms with Crippen LogP contribution in [0.2, 0.25) is 0 Å². The van der Waals surface area contributed by atoms with Crippen molar-refractivity contribution < 1.29 is 9.72 Å². The number of amides is 1. The van der Waals surface area contributed by atoms with Gasteiger partial charge in [-0.1, -0.05) is 30.3 Å². The first-order chi connectivity index (χ1) is 11.6. The van der Waals surface area contributed by atoms with Gasteiger partial charge in [0.25, 0.3) is 5.69 Å².